The van der Waals surface area contributed by atoms with E-state index in [-0.39, 0.29) is 0 Å². The molecule has 0 aromatic heterocycles. The predicted octanol–water partition coefficient (Wildman–Crippen LogP) is 7.50. The quantitative estimate of drug-likeness (QED) is 0.150. The zero-order valence-electron chi connectivity index (χ0n) is 21.7. The summed E-state index contributed by atoms with van der Waals surface area (Å²) in [5.41, 5.74) is 1.71. The van der Waals surface area contributed by atoms with Crippen LogP contribution in [-0.4, -0.2) is 14.7 Å². The fourth-order valence-electron chi connectivity index (χ4n) is 4.92. The molecule has 0 amide bonds. The van der Waals surface area contributed by atoms with Crippen LogP contribution in [0.3, 0.4) is 0 Å². The van der Waals surface area contributed by atoms with Crippen molar-refractivity contribution in [2.75, 3.05) is 0 Å². The molecule has 192 valence electrons. The minimum absolute atomic E-state index is 0.312. The van der Waals surface area contributed by atoms with Crippen molar-refractivity contribution in [1.82, 2.24) is 0 Å². The van der Waals surface area contributed by atoms with Crippen molar-refractivity contribution in [3.05, 3.63) is 59.7 Å². The third-order valence-corrected chi connectivity index (χ3v) is 9.62. The van der Waals surface area contributed by atoms with Crippen molar-refractivity contribution in [3.63, 3.8) is 0 Å². The van der Waals surface area contributed by atoms with E-state index in [2.05, 4.69) is 13.8 Å². The monoisotopic (exact) mass is 488 g/mol. The standard InChI is InChI=1S/C30H49O3P/c1-3-5-7-9-11-13-15-21-27-23-17-19-25-29(27)34(31,32,33)30-26-20-18-24-28(30)22-16-14-12-10-8-6-4-2/h17-20,23-26,31-33H,3-16,21-22H2,1-2H3. The Labute approximate surface area is 208 Å². The van der Waals surface area contributed by atoms with Crippen LogP contribution in [0.15, 0.2) is 48.5 Å². The Bertz CT molecular complexity index is 760. The molecule has 3 N–H and O–H groups in total. The van der Waals surface area contributed by atoms with E-state index in [4.69, 9.17) is 0 Å². The van der Waals surface area contributed by atoms with E-state index < -0.39 is 7.28 Å². The van der Waals surface area contributed by atoms with Gasteiger partial charge in [0.25, 0.3) is 0 Å². The Kier molecular flexibility index (Phi) is 12.8. The first-order valence-corrected chi connectivity index (χ1v) is 15.9. The van der Waals surface area contributed by atoms with Crippen molar-refractivity contribution in [3.8, 4) is 0 Å². The Morgan fingerprint density at radius 1 is 0.471 bits per heavy atom. The molecule has 34 heavy (non-hydrogen) atoms. The van der Waals surface area contributed by atoms with Gasteiger partial charge in [-0.15, -0.1) is 0 Å². The summed E-state index contributed by atoms with van der Waals surface area (Å²) in [4.78, 5) is 34.6. The maximum absolute atomic E-state index is 11.5. The molecule has 0 unspecified atom stereocenters. The fourth-order valence-corrected chi connectivity index (χ4v) is 7.33. The second-order valence-corrected chi connectivity index (χ2v) is 12.9. The van der Waals surface area contributed by atoms with Gasteiger partial charge in [-0.3, -0.25) is 0 Å². The van der Waals surface area contributed by atoms with Crippen molar-refractivity contribution < 1.29 is 14.7 Å². The minimum atomic E-state index is -5.21. The number of rotatable bonds is 18. The summed E-state index contributed by atoms with van der Waals surface area (Å²) in [5.74, 6) is 0. The van der Waals surface area contributed by atoms with Crippen LogP contribution in [0, 0.1) is 0 Å². The van der Waals surface area contributed by atoms with E-state index in [0.717, 1.165) is 49.7 Å². The van der Waals surface area contributed by atoms with Crippen molar-refractivity contribution in [1.29, 1.82) is 0 Å². The van der Waals surface area contributed by atoms with Gasteiger partial charge in [0, 0.05) is 0 Å². The van der Waals surface area contributed by atoms with E-state index in [1.807, 2.05) is 24.3 Å². The fraction of sp³-hybridized carbons (Fsp3) is 0.600. The van der Waals surface area contributed by atoms with Gasteiger partial charge in [-0.25, -0.2) is 0 Å². The van der Waals surface area contributed by atoms with E-state index in [1.54, 1.807) is 24.3 Å². The molecule has 0 aliphatic rings. The molecule has 0 aliphatic heterocycles. The molecule has 0 saturated heterocycles. The molecule has 0 fully saturated rings. The molecule has 2 aromatic rings. The van der Waals surface area contributed by atoms with Gasteiger partial charge in [-0.05, 0) is 0 Å². The Morgan fingerprint density at radius 2 is 0.794 bits per heavy atom. The first-order chi connectivity index (χ1) is 16.4. The summed E-state index contributed by atoms with van der Waals surface area (Å²) < 4.78 is 0. The second-order valence-electron chi connectivity index (χ2n) is 9.98. The maximum atomic E-state index is 11.5. The third kappa shape index (κ3) is 9.08. The predicted molar refractivity (Wildman–Crippen MR) is 149 cm³/mol. The van der Waals surface area contributed by atoms with Crippen LogP contribution in [0.1, 0.15) is 115 Å². The van der Waals surface area contributed by atoms with Gasteiger partial charge in [-0.1, -0.05) is 0 Å². The molecule has 0 atom stereocenters. The van der Waals surface area contributed by atoms with Gasteiger partial charge in [0.2, 0.25) is 0 Å². The molecule has 0 spiro atoms. The SMILES string of the molecule is CCCCCCCCCc1ccccc1P(O)(O)(O)c1ccccc1CCCCCCCCC. The number of hydrogen-bond donors (Lipinski definition) is 3. The number of unbranched alkanes of at least 4 members (excludes halogenated alkanes) is 12. The molecule has 0 aliphatic carbocycles. The molecule has 2 rings (SSSR count). The topological polar surface area (TPSA) is 60.7 Å². The Morgan fingerprint density at radius 3 is 1.18 bits per heavy atom. The molecular formula is C30H49O3P. The van der Waals surface area contributed by atoms with Gasteiger partial charge >= 0.3 is 209 Å². The summed E-state index contributed by atoms with van der Waals surface area (Å²) in [6.07, 6.45) is 18.4. The zero-order chi connectivity index (χ0) is 24.7. The molecule has 2 aromatic carbocycles. The van der Waals surface area contributed by atoms with Gasteiger partial charge in [0.05, 0.1) is 0 Å². The van der Waals surface area contributed by atoms with Gasteiger partial charge in [0.15, 0.2) is 0 Å². The van der Waals surface area contributed by atoms with Crippen LogP contribution < -0.4 is 10.6 Å². The average Bonchev–Trinajstić information content (AvgIpc) is 2.83. The van der Waals surface area contributed by atoms with Crippen LogP contribution in [0.2, 0.25) is 0 Å². The van der Waals surface area contributed by atoms with E-state index in [1.165, 1.54) is 64.2 Å². The Balaban J connectivity index is 2.07. The number of benzene rings is 2. The first kappa shape index (κ1) is 29.0. The number of aryl methyl sites for hydroxylation is 2. The summed E-state index contributed by atoms with van der Waals surface area (Å²) in [5, 5.41) is 0.623. The second kappa shape index (κ2) is 15.0. The molecule has 4 heteroatoms. The number of hydrogen-bond acceptors (Lipinski definition) is 3. The van der Waals surface area contributed by atoms with Crippen LogP contribution >= 0.6 is 7.28 Å². The Hall–Kier alpha value is -1.25. The third-order valence-electron chi connectivity index (χ3n) is 6.97. The molecule has 3 nitrogen and oxygen atoms in total. The summed E-state index contributed by atoms with van der Waals surface area (Å²) in [6.45, 7) is 4.46. The van der Waals surface area contributed by atoms with Gasteiger partial charge in [0.1, 0.15) is 0 Å². The molecular weight excluding hydrogens is 439 g/mol. The van der Waals surface area contributed by atoms with E-state index >= 15 is 0 Å². The van der Waals surface area contributed by atoms with Gasteiger partial charge < -0.3 is 0 Å². The van der Waals surface area contributed by atoms with E-state index in [9.17, 15) is 14.7 Å². The van der Waals surface area contributed by atoms with Crippen LogP contribution in [0.4, 0.5) is 0 Å². The van der Waals surface area contributed by atoms with Crippen molar-refractivity contribution in [2.24, 2.45) is 0 Å². The molecule has 0 bridgehead atoms. The van der Waals surface area contributed by atoms with Crippen molar-refractivity contribution >= 4 is 17.9 Å². The normalized spacial score (nSPS) is 13.0. The summed E-state index contributed by atoms with van der Waals surface area (Å²) in [7, 11) is -5.21. The van der Waals surface area contributed by atoms with Crippen LogP contribution in [0.5, 0.6) is 0 Å². The summed E-state index contributed by atoms with van der Waals surface area (Å²) in [6, 6.07) is 14.7. The molecule has 0 saturated carbocycles. The van der Waals surface area contributed by atoms with Crippen LogP contribution in [0.25, 0.3) is 0 Å². The first-order valence-electron chi connectivity index (χ1n) is 13.8. The molecule has 0 heterocycles. The zero-order valence-corrected chi connectivity index (χ0v) is 22.6. The van der Waals surface area contributed by atoms with Gasteiger partial charge in [-0.2, -0.15) is 0 Å². The summed E-state index contributed by atoms with van der Waals surface area (Å²) >= 11 is 0. The van der Waals surface area contributed by atoms with E-state index in [0.29, 0.717) is 10.6 Å². The van der Waals surface area contributed by atoms with Crippen molar-refractivity contribution in [2.45, 2.75) is 117 Å². The molecule has 0 radical (unpaired) electrons. The van der Waals surface area contributed by atoms with Crippen LogP contribution in [-0.2, 0) is 12.8 Å². The average molecular weight is 489 g/mol.